The zero-order valence-electron chi connectivity index (χ0n) is 7.40. The number of rotatable bonds is 1. The predicted octanol–water partition coefficient (Wildman–Crippen LogP) is 1.48. The van der Waals surface area contributed by atoms with E-state index in [1.807, 2.05) is 6.08 Å². The third-order valence-corrected chi connectivity index (χ3v) is 2.10. The highest BCUT2D eigenvalue weighted by molar-refractivity contribution is 5.95. The molecular weight excluding hydrogens is 138 g/mol. The van der Waals surface area contributed by atoms with Crippen LogP contribution in [0, 0.1) is 5.41 Å². The van der Waals surface area contributed by atoms with Gasteiger partial charge in [-0.3, -0.25) is 4.79 Å². The molecule has 0 aromatic rings. The largest absolute Gasteiger partial charge is 0.385 e. The van der Waals surface area contributed by atoms with Crippen LogP contribution in [0.15, 0.2) is 11.8 Å². The SMILES string of the molecule is CNC1=CC(C)(C)CCC1=O. The summed E-state index contributed by atoms with van der Waals surface area (Å²) in [5, 5.41) is 2.92. The second-order valence-corrected chi connectivity index (χ2v) is 3.72. The molecule has 1 aliphatic rings. The normalized spacial score (nSPS) is 22.8. The Morgan fingerprint density at radius 3 is 2.64 bits per heavy atom. The molecule has 62 valence electrons. The van der Waals surface area contributed by atoms with E-state index in [1.165, 1.54) is 0 Å². The fourth-order valence-corrected chi connectivity index (χ4v) is 1.33. The van der Waals surface area contributed by atoms with Crippen LogP contribution in [0.2, 0.25) is 0 Å². The van der Waals surface area contributed by atoms with Crippen molar-refractivity contribution in [1.82, 2.24) is 5.32 Å². The molecule has 0 amide bonds. The number of likely N-dealkylation sites (N-methyl/N-ethyl adjacent to an activating group) is 1. The molecule has 0 atom stereocenters. The summed E-state index contributed by atoms with van der Waals surface area (Å²) in [5.41, 5.74) is 0.966. The van der Waals surface area contributed by atoms with Gasteiger partial charge in [-0.1, -0.05) is 19.9 Å². The van der Waals surface area contributed by atoms with E-state index in [-0.39, 0.29) is 11.2 Å². The van der Waals surface area contributed by atoms with Gasteiger partial charge in [0.1, 0.15) is 0 Å². The Kier molecular flexibility index (Phi) is 2.03. The summed E-state index contributed by atoms with van der Waals surface area (Å²) in [6.07, 6.45) is 3.68. The lowest BCUT2D eigenvalue weighted by atomic mass is 9.81. The van der Waals surface area contributed by atoms with E-state index in [0.717, 1.165) is 12.1 Å². The Bertz CT molecular complexity index is 204. The smallest absolute Gasteiger partial charge is 0.178 e. The van der Waals surface area contributed by atoms with E-state index in [1.54, 1.807) is 7.05 Å². The van der Waals surface area contributed by atoms with Crippen LogP contribution < -0.4 is 5.32 Å². The maximum atomic E-state index is 11.2. The summed E-state index contributed by atoms with van der Waals surface area (Å²) in [6.45, 7) is 4.30. The molecule has 2 heteroatoms. The summed E-state index contributed by atoms with van der Waals surface area (Å²) >= 11 is 0. The maximum Gasteiger partial charge on any atom is 0.178 e. The van der Waals surface area contributed by atoms with Crippen molar-refractivity contribution in [3.63, 3.8) is 0 Å². The van der Waals surface area contributed by atoms with E-state index < -0.39 is 0 Å². The van der Waals surface area contributed by atoms with E-state index >= 15 is 0 Å². The first-order valence-corrected chi connectivity index (χ1v) is 3.99. The third kappa shape index (κ3) is 1.82. The lowest BCUT2D eigenvalue weighted by molar-refractivity contribution is -0.116. The highest BCUT2D eigenvalue weighted by Gasteiger charge is 2.24. The number of hydrogen-bond donors (Lipinski definition) is 1. The van der Waals surface area contributed by atoms with Gasteiger partial charge in [-0.05, 0) is 11.8 Å². The van der Waals surface area contributed by atoms with E-state index in [0.29, 0.717) is 6.42 Å². The molecule has 0 aromatic heterocycles. The van der Waals surface area contributed by atoms with Crippen molar-refractivity contribution in [1.29, 1.82) is 0 Å². The molecule has 0 unspecified atom stereocenters. The summed E-state index contributed by atoms with van der Waals surface area (Å²) in [5.74, 6) is 0.242. The Balaban J connectivity index is 2.86. The molecule has 0 bridgehead atoms. The Morgan fingerprint density at radius 2 is 2.18 bits per heavy atom. The summed E-state index contributed by atoms with van der Waals surface area (Å²) in [7, 11) is 1.80. The van der Waals surface area contributed by atoms with Crippen molar-refractivity contribution in [2.24, 2.45) is 5.41 Å². The highest BCUT2D eigenvalue weighted by Crippen LogP contribution is 2.30. The van der Waals surface area contributed by atoms with Gasteiger partial charge in [-0.15, -0.1) is 0 Å². The second-order valence-electron chi connectivity index (χ2n) is 3.72. The molecule has 1 aliphatic carbocycles. The van der Waals surface area contributed by atoms with Gasteiger partial charge in [0.25, 0.3) is 0 Å². The van der Waals surface area contributed by atoms with Crippen molar-refractivity contribution in [3.05, 3.63) is 11.8 Å². The first-order chi connectivity index (χ1) is 5.05. The van der Waals surface area contributed by atoms with Gasteiger partial charge in [-0.25, -0.2) is 0 Å². The predicted molar refractivity (Wildman–Crippen MR) is 45.2 cm³/mol. The van der Waals surface area contributed by atoms with Crippen LogP contribution in [0.3, 0.4) is 0 Å². The first kappa shape index (κ1) is 8.31. The molecule has 0 fully saturated rings. The van der Waals surface area contributed by atoms with Crippen molar-refractivity contribution in [2.75, 3.05) is 7.05 Å². The number of hydrogen-bond acceptors (Lipinski definition) is 2. The minimum absolute atomic E-state index is 0.187. The van der Waals surface area contributed by atoms with E-state index in [2.05, 4.69) is 19.2 Å². The van der Waals surface area contributed by atoms with Crippen LogP contribution >= 0.6 is 0 Å². The van der Waals surface area contributed by atoms with Gasteiger partial charge in [0.05, 0.1) is 5.70 Å². The maximum absolute atomic E-state index is 11.2. The topological polar surface area (TPSA) is 29.1 Å². The van der Waals surface area contributed by atoms with Gasteiger partial charge in [-0.2, -0.15) is 0 Å². The molecule has 1 N–H and O–H groups in total. The van der Waals surface area contributed by atoms with Crippen LogP contribution in [-0.2, 0) is 4.79 Å². The molecule has 0 aliphatic heterocycles. The zero-order chi connectivity index (χ0) is 8.48. The summed E-state index contributed by atoms with van der Waals surface area (Å²) < 4.78 is 0. The minimum Gasteiger partial charge on any atom is -0.385 e. The third-order valence-electron chi connectivity index (χ3n) is 2.10. The van der Waals surface area contributed by atoms with Crippen molar-refractivity contribution < 1.29 is 4.79 Å². The molecule has 0 radical (unpaired) electrons. The number of allylic oxidation sites excluding steroid dienone is 2. The van der Waals surface area contributed by atoms with E-state index in [9.17, 15) is 4.79 Å². The molecule has 11 heavy (non-hydrogen) atoms. The van der Waals surface area contributed by atoms with Crippen LogP contribution in [0.5, 0.6) is 0 Å². The Hall–Kier alpha value is -0.790. The second kappa shape index (κ2) is 2.68. The highest BCUT2D eigenvalue weighted by atomic mass is 16.1. The molecule has 0 saturated heterocycles. The number of Topliss-reactive ketones (excluding diaryl/α,β-unsaturated/α-hetero) is 1. The van der Waals surface area contributed by atoms with Crippen LogP contribution in [0.4, 0.5) is 0 Å². The van der Waals surface area contributed by atoms with Gasteiger partial charge in [0, 0.05) is 13.5 Å². The number of nitrogens with one attached hydrogen (secondary N) is 1. The Labute approximate surface area is 67.7 Å². The van der Waals surface area contributed by atoms with Crippen LogP contribution in [0.25, 0.3) is 0 Å². The van der Waals surface area contributed by atoms with Gasteiger partial charge in [0.2, 0.25) is 0 Å². The van der Waals surface area contributed by atoms with Gasteiger partial charge < -0.3 is 5.32 Å². The fourth-order valence-electron chi connectivity index (χ4n) is 1.33. The van der Waals surface area contributed by atoms with E-state index in [4.69, 9.17) is 0 Å². The number of ketones is 1. The van der Waals surface area contributed by atoms with Crippen molar-refractivity contribution in [3.8, 4) is 0 Å². The molecular formula is C9H15NO. The molecule has 2 nitrogen and oxygen atoms in total. The average molecular weight is 153 g/mol. The first-order valence-electron chi connectivity index (χ1n) is 3.99. The van der Waals surface area contributed by atoms with Crippen LogP contribution in [0.1, 0.15) is 26.7 Å². The molecule has 0 aromatic carbocycles. The quantitative estimate of drug-likeness (QED) is 0.618. The molecule has 0 spiro atoms. The fraction of sp³-hybridized carbons (Fsp3) is 0.667. The molecule has 0 saturated carbocycles. The molecule has 1 rings (SSSR count). The lowest BCUT2D eigenvalue weighted by Gasteiger charge is -2.26. The standard InChI is InChI=1S/C9H15NO/c1-9(2)5-4-8(11)7(6-9)10-3/h6,10H,4-5H2,1-3H3. The average Bonchev–Trinajstić information content (AvgIpc) is 1.94. The lowest BCUT2D eigenvalue weighted by Crippen LogP contribution is -2.26. The number of carbonyl (C=O) groups excluding carboxylic acids is 1. The van der Waals surface area contributed by atoms with Gasteiger partial charge >= 0.3 is 0 Å². The van der Waals surface area contributed by atoms with Crippen LogP contribution in [-0.4, -0.2) is 12.8 Å². The Morgan fingerprint density at radius 1 is 1.55 bits per heavy atom. The minimum atomic E-state index is 0.187. The monoisotopic (exact) mass is 153 g/mol. The van der Waals surface area contributed by atoms with Crippen molar-refractivity contribution >= 4 is 5.78 Å². The summed E-state index contributed by atoms with van der Waals surface area (Å²) in [4.78, 5) is 11.2. The van der Waals surface area contributed by atoms with Crippen molar-refractivity contribution in [2.45, 2.75) is 26.7 Å². The molecule has 0 heterocycles. The number of carbonyl (C=O) groups is 1. The summed E-state index contributed by atoms with van der Waals surface area (Å²) in [6, 6.07) is 0. The van der Waals surface area contributed by atoms with Gasteiger partial charge in [0.15, 0.2) is 5.78 Å². The zero-order valence-corrected chi connectivity index (χ0v) is 7.40.